The molecule has 1 heterocycles. The highest BCUT2D eigenvalue weighted by Gasteiger charge is 2.15. The number of rotatable bonds is 5. The second kappa shape index (κ2) is 8.28. The Morgan fingerprint density at radius 3 is 2.24 bits per heavy atom. The van der Waals surface area contributed by atoms with Gasteiger partial charge in [-0.2, -0.15) is 0 Å². The van der Waals surface area contributed by atoms with Crippen LogP contribution in [0.15, 0.2) is 48.5 Å². The quantitative estimate of drug-likeness (QED) is 0.876. The summed E-state index contributed by atoms with van der Waals surface area (Å²) in [6.45, 7) is 6.16. The number of nitrogens with two attached hydrogens (primary N) is 1. The van der Waals surface area contributed by atoms with Crippen LogP contribution < -0.4 is 11.1 Å². The van der Waals surface area contributed by atoms with Crippen molar-refractivity contribution >= 4 is 11.6 Å². The largest absolute Gasteiger partial charge is 0.326 e. The van der Waals surface area contributed by atoms with Gasteiger partial charge in [-0.25, -0.2) is 0 Å². The van der Waals surface area contributed by atoms with Crippen LogP contribution in [0.2, 0.25) is 0 Å². The van der Waals surface area contributed by atoms with E-state index in [0.29, 0.717) is 12.1 Å². The minimum absolute atomic E-state index is 0.0960. The van der Waals surface area contributed by atoms with Crippen molar-refractivity contribution in [2.75, 3.05) is 18.4 Å². The Hall–Kier alpha value is -2.17. The lowest BCUT2D eigenvalue weighted by Gasteiger charge is -2.30. The van der Waals surface area contributed by atoms with E-state index in [9.17, 15) is 4.79 Å². The van der Waals surface area contributed by atoms with Crippen LogP contribution in [0.3, 0.4) is 0 Å². The third-order valence-electron chi connectivity index (χ3n) is 4.95. The molecule has 1 fully saturated rings. The van der Waals surface area contributed by atoms with E-state index in [0.717, 1.165) is 23.7 Å². The first-order valence-electron chi connectivity index (χ1n) is 9.05. The van der Waals surface area contributed by atoms with Crippen LogP contribution >= 0.6 is 0 Å². The van der Waals surface area contributed by atoms with Gasteiger partial charge >= 0.3 is 0 Å². The molecule has 0 bridgehead atoms. The fourth-order valence-corrected chi connectivity index (χ4v) is 3.17. The second-order valence-electron chi connectivity index (χ2n) is 7.01. The first-order chi connectivity index (χ1) is 12.1. The third-order valence-corrected chi connectivity index (χ3v) is 4.95. The maximum atomic E-state index is 12.3. The van der Waals surface area contributed by atoms with Crippen molar-refractivity contribution in [1.82, 2.24) is 4.90 Å². The molecule has 0 unspecified atom stereocenters. The average molecular weight is 337 g/mol. The summed E-state index contributed by atoms with van der Waals surface area (Å²) in [6, 6.07) is 15.6. The molecule has 0 radical (unpaired) electrons. The monoisotopic (exact) mass is 337 g/mol. The van der Waals surface area contributed by atoms with Crippen LogP contribution in [0.4, 0.5) is 5.69 Å². The first-order valence-corrected chi connectivity index (χ1v) is 9.05. The highest BCUT2D eigenvalue weighted by atomic mass is 16.1. The van der Waals surface area contributed by atoms with Gasteiger partial charge in [-0.3, -0.25) is 9.69 Å². The zero-order valence-electron chi connectivity index (χ0n) is 14.9. The number of anilines is 1. The zero-order chi connectivity index (χ0) is 17.6. The summed E-state index contributed by atoms with van der Waals surface area (Å²) >= 11 is 0. The molecule has 3 rings (SSSR count). The lowest BCUT2D eigenvalue weighted by Crippen LogP contribution is -2.32. The maximum Gasteiger partial charge on any atom is 0.255 e. The van der Waals surface area contributed by atoms with Crippen molar-refractivity contribution in [2.45, 2.75) is 32.9 Å². The van der Waals surface area contributed by atoms with Crippen LogP contribution in [0.5, 0.6) is 0 Å². The van der Waals surface area contributed by atoms with Gasteiger partial charge in [-0.05, 0) is 67.2 Å². The molecular weight excluding hydrogens is 310 g/mol. The van der Waals surface area contributed by atoms with E-state index in [1.54, 1.807) is 0 Å². The molecule has 1 saturated heterocycles. The van der Waals surface area contributed by atoms with E-state index in [1.165, 1.54) is 31.5 Å². The van der Waals surface area contributed by atoms with E-state index in [4.69, 9.17) is 5.73 Å². The Morgan fingerprint density at radius 2 is 1.64 bits per heavy atom. The molecule has 4 heteroatoms. The molecule has 4 nitrogen and oxygen atoms in total. The van der Waals surface area contributed by atoms with Gasteiger partial charge in [0.05, 0.1) is 0 Å². The second-order valence-corrected chi connectivity index (χ2v) is 7.01. The highest BCUT2D eigenvalue weighted by molar-refractivity contribution is 6.04. The minimum atomic E-state index is -0.0960. The van der Waals surface area contributed by atoms with E-state index in [1.807, 2.05) is 36.4 Å². The molecule has 0 aromatic heterocycles. The summed E-state index contributed by atoms with van der Waals surface area (Å²) in [5.41, 5.74) is 9.36. The van der Waals surface area contributed by atoms with E-state index in [-0.39, 0.29) is 5.91 Å². The van der Waals surface area contributed by atoms with Crippen LogP contribution in [-0.2, 0) is 13.1 Å². The Morgan fingerprint density at radius 1 is 1.04 bits per heavy atom. The Balaban J connectivity index is 1.55. The van der Waals surface area contributed by atoms with Crippen LogP contribution in [0, 0.1) is 5.92 Å². The number of hydrogen-bond donors (Lipinski definition) is 2. The van der Waals surface area contributed by atoms with Crippen molar-refractivity contribution < 1.29 is 4.79 Å². The average Bonchev–Trinajstić information content (AvgIpc) is 2.65. The number of hydrogen-bond acceptors (Lipinski definition) is 3. The number of piperidine rings is 1. The lowest BCUT2D eigenvalue weighted by atomic mass is 9.99. The topological polar surface area (TPSA) is 58.4 Å². The Bertz CT molecular complexity index is 686. The van der Waals surface area contributed by atoms with Crippen molar-refractivity contribution in [1.29, 1.82) is 0 Å². The molecule has 0 atom stereocenters. The minimum Gasteiger partial charge on any atom is -0.326 e. The number of nitrogens with one attached hydrogen (secondary N) is 1. The fourth-order valence-electron chi connectivity index (χ4n) is 3.17. The van der Waals surface area contributed by atoms with Gasteiger partial charge in [0.1, 0.15) is 0 Å². The Kier molecular flexibility index (Phi) is 5.84. The van der Waals surface area contributed by atoms with Gasteiger partial charge in [0, 0.05) is 24.3 Å². The summed E-state index contributed by atoms with van der Waals surface area (Å²) < 4.78 is 0. The number of likely N-dealkylation sites (tertiary alicyclic amines) is 1. The number of carbonyl (C=O) groups excluding carboxylic acids is 1. The molecule has 0 saturated carbocycles. The normalized spacial score (nSPS) is 15.9. The van der Waals surface area contributed by atoms with Gasteiger partial charge < -0.3 is 11.1 Å². The van der Waals surface area contributed by atoms with Crippen LogP contribution in [0.1, 0.15) is 41.3 Å². The van der Waals surface area contributed by atoms with Crippen LogP contribution in [0.25, 0.3) is 0 Å². The predicted molar refractivity (Wildman–Crippen MR) is 102 cm³/mol. The number of benzene rings is 2. The molecule has 2 aromatic rings. The number of amides is 1. The van der Waals surface area contributed by atoms with Gasteiger partial charge in [0.25, 0.3) is 5.91 Å². The van der Waals surface area contributed by atoms with Crippen LogP contribution in [-0.4, -0.2) is 23.9 Å². The predicted octanol–water partition coefficient (Wildman–Crippen LogP) is 3.63. The molecule has 1 amide bonds. The fraction of sp³-hybridized carbons (Fsp3) is 0.381. The maximum absolute atomic E-state index is 12.3. The number of carbonyl (C=O) groups is 1. The summed E-state index contributed by atoms with van der Waals surface area (Å²) in [4.78, 5) is 14.8. The van der Waals surface area contributed by atoms with Gasteiger partial charge in [0.15, 0.2) is 0 Å². The summed E-state index contributed by atoms with van der Waals surface area (Å²) in [5, 5.41) is 2.95. The van der Waals surface area contributed by atoms with E-state index < -0.39 is 0 Å². The molecule has 25 heavy (non-hydrogen) atoms. The SMILES string of the molecule is CC1CCN(Cc2ccc(NC(=O)c3ccc(CN)cc3)cc2)CC1. The van der Waals surface area contributed by atoms with Gasteiger partial charge in [-0.15, -0.1) is 0 Å². The van der Waals surface area contributed by atoms with Crippen molar-refractivity contribution in [2.24, 2.45) is 11.7 Å². The summed E-state index contributed by atoms with van der Waals surface area (Å²) in [6.07, 6.45) is 2.58. The summed E-state index contributed by atoms with van der Waals surface area (Å²) in [5.74, 6) is 0.758. The third kappa shape index (κ3) is 4.91. The molecule has 132 valence electrons. The molecular formula is C21H27N3O. The molecule has 2 aromatic carbocycles. The molecule has 3 N–H and O–H groups in total. The molecule has 0 aliphatic carbocycles. The highest BCUT2D eigenvalue weighted by Crippen LogP contribution is 2.19. The van der Waals surface area contributed by atoms with Crippen molar-refractivity contribution in [3.05, 3.63) is 65.2 Å². The molecule has 1 aliphatic rings. The van der Waals surface area contributed by atoms with E-state index in [2.05, 4.69) is 29.3 Å². The summed E-state index contributed by atoms with van der Waals surface area (Å²) in [7, 11) is 0. The standard InChI is InChI=1S/C21H27N3O/c1-16-10-12-24(13-11-16)15-18-4-8-20(9-5-18)23-21(25)19-6-2-17(14-22)3-7-19/h2-9,16H,10-15,22H2,1H3,(H,23,25). The Labute approximate surface area is 150 Å². The molecule has 1 aliphatic heterocycles. The first kappa shape index (κ1) is 17.6. The number of nitrogens with zero attached hydrogens (tertiary/aromatic N) is 1. The van der Waals surface area contributed by atoms with Crippen molar-refractivity contribution in [3.63, 3.8) is 0 Å². The van der Waals surface area contributed by atoms with Crippen molar-refractivity contribution in [3.8, 4) is 0 Å². The zero-order valence-corrected chi connectivity index (χ0v) is 14.9. The van der Waals surface area contributed by atoms with Gasteiger partial charge in [-0.1, -0.05) is 31.2 Å². The molecule has 0 spiro atoms. The van der Waals surface area contributed by atoms with Gasteiger partial charge in [0.2, 0.25) is 0 Å². The van der Waals surface area contributed by atoms with E-state index >= 15 is 0 Å². The smallest absolute Gasteiger partial charge is 0.255 e. The lowest BCUT2D eigenvalue weighted by molar-refractivity contribution is 0.102.